The molecule has 6 heterocycles. The molecule has 0 bridgehead atoms. The molecule has 17 heteroatoms. The molecule has 67 heavy (non-hydrogen) atoms. The second-order valence-corrected chi connectivity index (χ2v) is 21.3. The van der Waals surface area contributed by atoms with Gasteiger partial charge >= 0.3 is 0 Å². The topological polar surface area (TPSA) is 178 Å². The number of aryl methyl sites for hydroxylation is 2. The number of fused-ring (bicyclic) bond motifs is 3. The van der Waals surface area contributed by atoms with Crippen LogP contribution in [-0.2, 0) is 47.7 Å². The SMILES string of the molecule is C=CC(=O)Nc1cc(Nc2nc(-c3ccnc(N4CCn5c(cc6c5CC(C)(C)C6)C4=O)c3CO)cn(C)c2=O)ccc1N1CCN(C2CCN(c3ccc(S(C)(=O)=O)c(C)c3)CC2)C[C@@H]1C. The van der Waals surface area contributed by atoms with Crippen molar-refractivity contribution in [2.24, 2.45) is 12.5 Å². The van der Waals surface area contributed by atoms with Gasteiger partial charge in [-0.3, -0.25) is 24.2 Å². The summed E-state index contributed by atoms with van der Waals surface area (Å²) in [7, 11) is -1.64. The lowest BCUT2D eigenvalue weighted by Gasteiger charge is -2.47. The smallest absolute Gasteiger partial charge is 0.293 e. The van der Waals surface area contributed by atoms with Crippen LogP contribution in [0.5, 0.6) is 0 Å². The third kappa shape index (κ3) is 8.87. The van der Waals surface area contributed by atoms with E-state index >= 15 is 0 Å². The maximum atomic E-state index is 14.0. The number of amides is 2. The standard InChI is InChI=1S/C50H60N10O6S/c1-8-45(62)53-39-25-34(9-11-41(39)58-20-19-57(28-32(58)3)35-14-17-56(18-15-35)36-10-12-44(31(2)23-36)67(7,65)66)52-46-49(64)55(6)29-40(54-46)37-13-16-51-47(38(37)30-61)60-22-21-59-42(48(60)63)24-33-26-50(4,5)27-43(33)59/h8-13,16,23-25,29,32,35,61H,1,14-15,17-22,26-28,30H2,2-7H3,(H,52,54)(H,53,62)/t32-/m0/s1. The summed E-state index contributed by atoms with van der Waals surface area (Å²) in [6.45, 7) is 17.0. The van der Waals surface area contributed by atoms with Crippen molar-refractivity contribution in [2.75, 3.05) is 70.9 Å². The number of hydrogen-bond acceptors (Lipinski definition) is 12. The van der Waals surface area contributed by atoms with Gasteiger partial charge in [0.25, 0.3) is 11.5 Å². The van der Waals surface area contributed by atoms with Gasteiger partial charge in [0, 0.05) is 112 Å². The van der Waals surface area contributed by atoms with Gasteiger partial charge in [-0.15, -0.1) is 0 Å². The summed E-state index contributed by atoms with van der Waals surface area (Å²) in [4.78, 5) is 59.1. The van der Waals surface area contributed by atoms with Gasteiger partial charge < -0.3 is 34.7 Å². The molecule has 3 aliphatic heterocycles. The summed E-state index contributed by atoms with van der Waals surface area (Å²) in [5, 5.41) is 17.0. The fourth-order valence-electron chi connectivity index (χ4n) is 10.7. The molecule has 3 aromatic heterocycles. The van der Waals surface area contributed by atoms with Crippen LogP contribution >= 0.6 is 0 Å². The molecule has 2 saturated heterocycles. The third-order valence-corrected chi connectivity index (χ3v) is 15.3. The molecule has 3 N–H and O–H groups in total. The number of aromatic nitrogens is 4. The predicted molar refractivity (Wildman–Crippen MR) is 262 cm³/mol. The molecule has 16 nitrogen and oxygen atoms in total. The van der Waals surface area contributed by atoms with Crippen LogP contribution in [0.2, 0.25) is 0 Å². The van der Waals surface area contributed by atoms with E-state index in [1.807, 2.05) is 37.3 Å². The van der Waals surface area contributed by atoms with Crippen molar-refractivity contribution < 1.29 is 23.1 Å². The van der Waals surface area contributed by atoms with Crippen LogP contribution in [0.4, 0.5) is 34.4 Å². The summed E-state index contributed by atoms with van der Waals surface area (Å²) < 4.78 is 27.9. The van der Waals surface area contributed by atoms with Crippen LogP contribution in [0.1, 0.15) is 66.5 Å². The molecule has 2 fully saturated rings. The van der Waals surface area contributed by atoms with Gasteiger partial charge in [0.05, 0.1) is 28.6 Å². The number of aliphatic hydroxyl groups excluding tert-OH is 1. The number of carbonyl (C=O) groups excluding carboxylic acids is 2. The highest BCUT2D eigenvalue weighted by Gasteiger charge is 2.38. The Morgan fingerprint density at radius 2 is 1.78 bits per heavy atom. The number of piperazine rings is 1. The molecule has 2 amide bonds. The number of benzene rings is 2. The van der Waals surface area contributed by atoms with Gasteiger partial charge in [0.1, 0.15) is 11.5 Å². The summed E-state index contributed by atoms with van der Waals surface area (Å²) in [5.74, 6) is -0.146. The predicted octanol–water partition coefficient (Wildman–Crippen LogP) is 5.68. The molecule has 9 rings (SSSR count). The average Bonchev–Trinajstić information content (AvgIpc) is 3.79. The lowest BCUT2D eigenvalue weighted by Crippen LogP contribution is -2.57. The highest BCUT2D eigenvalue weighted by molar-refractivity contribution is 7.90. The Labute approximate surface area is 391 Å². The fourth-order valence-corrected chi connectivity index (χ4v) is 11.7. The van der Waals surface area contributed by atoms with Gasteiger partial charge in [-0.1, -0.05) is 20.4 Å². The summed E-state index contributed by atoms with van der Waals surface area (Å²) in [5.41, 5.74) is 7.94. The minimum absolute atomic E-state index is 0.0365. The second-order valence-electron chi connectivity index (χ2n) is 19.4. The van der Waals surface area contributed by atoms with Gasteiger partial charge in [-0.2, -0.15) is 0 Å². The monoisotopic (exact) mass is 928 g/mol. The number of nitrogens with one attached hydrogen (secondary N) is 2. The van der Waals surface area contributed by atoms with Crippen molar-refractivity contribution in [3.63, 3.8) is 0 Å². The van der Waals surface area contributed by atoms with Crippen molar-refractivity contribution in [3.8, 4) is 11.3 Å². The number of anilines is 6. The summed E-state index contributed by atoms with van der Waals surface area (Å²) in [6, 6.07) is 15.5. The highest BCUT2D eigenvalue weighted by Crippen LogP contribution is 2.41. The number of piperidine rings is 1. The lowest BCUT2D eigenvalue weighted by molar-refractivity contribution is -0.111. The first kappa shape index (κ1) is 45.8. The van der Waals surface area contributed by atoms with E-state index < -0.39 is 16.4 Å². The van der Waals surface area contributed by atoms with Crippen molar-refractivity contribution in [1.82, 2.24) is 24.0 Å². The zero-order valence-corrected chi connectivity index (χ0v) is 40.0. The molecule has 0 unspecified atom stereocenters. The molecule has 5 aromatic rings. The van der Waals surface area contributed by atoms with Crippen LogP contribution in [0.25, 0.3) is 11.3 Å². The second kappa shape index (κ2) is 17.7. The van der Waals surface area contributed by atoms with Crippen molar-refractivity contribution in [2.45, 2.75) is 83.5 Å². The van der Waals surface area contributed by atoms with Gasteiger partial charge in [-0.05, 0) is 111 Å². The van der Waals surface area contributed by atoms with E-state index in [-0.39, 0.29) is 34.6 Å². The number of hydrogen-bond donors (Lipinski definition) is 3. The fraction of sp³-hybridized carbons (Fsp3) is 0.420. The zero-order chi connectivity index (χ0) is 47.5. The molecular formula is C50H60N10O6S. The number of aliphatic hydroxyl groups is 1. The lowest BCUT2D eigenvalue weighted by atomic mass is 9.90. The van der Waals surface area contributed by atoms with Crippen LogP contribution < -0.4 is 30.9 Å². The number of carbonyl (C=O) groups is 2. The largest absolute Gasteiger partial charge is 0.392 e. The summed E-state index contributed by atoms with van der Waals surface area (Å²) in [6.07, 6.45) is 9.49. The van der Waals surface area contributed by atoms with E-state index in [4.69, 9.17) is 4.98 Å². The Morgan fingerprint density at radius 3 is 2.48 bits per heavy atom. The maximum Gasteiger partial charge on any atom is 0.293 e. The first-order chi connectivity index (χ1) is 31.9. The van der Waals surface area contributed by atoms with E-state index in [9.17, 15) is 27.9 Å². The number of nitrogens with zero attached hydrogens (tertiary/aromatic N) is 8. The van der Waals surface area contributed by atoms with Crippen LogP contribution in [0.15, 0.2) is 83.3 Å². The van der Waals surface area contributed by atoms with E-state index in [0.717, 1.165) is 75.3 Å². The van der Waals surface area contributed by atoms with Crippen LogP contribution in [0.3, 0.4) is 0 Å². The Hall–Kier alpha value is -6.30. The highest BCUT2D eigenvalue weighted by atomic mass is 32.2. The molecule has 1 atom stereocenters. The Balaban J connectivity index is 0.914. The zero-order valence-electron chi connectivity index (χ0n) is 39.2. The van der Waals surface area contributed by atoms with Gasteiger partial charge in [0.15, 0.2) is 15.7 Å². The number of pyridine rings is 1. The Kier molecular flexibility index (Phi) is 12.1. The Morgan fingerprint density at radius 1 is 1.00 bits per heavy atom. The first-order valence-electron chi connectivity index (χ1n) is 23.0. The molecule has 4 aliphatic rings. The number of sulfone groups is 1. The van der Waals surface area contributed by atoms with E-state index in [0.29, 0.717) is 63.7 Å². The van der Waals surface area contributed by atoms with Crippen molar-refractivity contribution >= 4 is 56.0 Å². The van der Waals surface area contributed by atoms with E-state index in [2.05, 4.69) is 62.2 Å². The third-order valence-electron chi connectivity index (χ3n) is 14.0. The van der Waals surface area contributed by atoms with Crippen molar-refractivity contribution in [1.29, 1.82) is 0 Å². The quantitative estimate of drug-likeness (QED) is 0.138. The summed E-state index contributed by atoms with van der Waals surface area (Å²) >= 11 is 0. The average molecular weight is 929 g/mol. The normalized spacial score (nSPS) is 18.8. The molecule has 0 spiro atoms. The van der Waals surface area contributed by atoms with Crippen LogP contribution in [0, 0.1) is 12.3 Å². The van der Waals surface area contributed by atoms with Gasteiger partial charge in [-0.25, -0.2) is 18.4 Å². The molecule has 2 aromatic carbocycles. The maximum absolute atomic E-state index is 14.0. The number of rotatable bonds is 11. The molecule has 0 radical (unpaired) electrons. The minimum Gasteiger partial charge on any atom is -0.392 e. The van der Waals surface area contributed by atoms with E-state index in [1.54, 1.807) is 42.5 Å². The van der Waals surface area contributed by atoms with Gasteiger partial charge in [0.2, 0.25) is 5.91 Å². The molecule has 0 saturated carbocycles. The van der Waals surface area contributed by atoms with E-state index in [1.165, 1.54) is 28.2 Å². The van der Waals surface area contributed by atoms with Crippen LogP contribution in [-0.4, -0.2) is 107 Å². The molecule has 352 valence electrons. The minimum atomic E-state index is -3.28. The molecule has 1 aliphatic carbocycles. The Bertz CT molecular complexity index is 2970. The van der Waals surface area contributed by atoms with Crippen molar-refractivity contribution in [3.05, 3.63) is 112 Å². The molecular weight excluding hydrogens is 869 g/mol. The first-order valence-corrected chi connectivity index (χ1v) is 24.9.